The van der Waals surface area contributed by atoms with Crippen LogP contribution < -0.4 is 5.32 Å². The number of unbranched alkanes of at least 4 members (excludes halogenated alkanes) is 6. The minimum Gasteiger partial charge on any atom is -0.314 e. The van der Waals surface area contributed by atoms with Crippen LogP contribution in [0.25, 0.3) is 0 Å². The van der Waals surface area contributed by atoms with Gasteiger partial charge >= 0.3 is 0 Å². The monoisotopic (exact) mass is 255 g/mol. The summed E-state index contributed by atoms with van der Waals surface area (Å²) in [7, 11) is 0. The van der Waals surface area contributed by atoms with E-state index in [0.717, 1.165) is 12.0 Å². The average molecular weight is 255 g/mol. The van der Waals surface area contributed by atoms with Crippen molar-refractivity contribution in [1.82, 2.24) is 5.32 Å². The summed E-state index contributed by atoms with van der Waals surface area (Å²) < 4.78 is 0. The molecule has 0 aromatic rings. The van der Waals surface area contributed by atoms with Gasteiger partial charge in [0.25, 0.3) is 0 Å². The lowest BCUT2D eigenvalue weighted by Crippen LogP contribution is -2.32. The van der Waals surface area contributed by atoms with Crippen molar-refractivity contribution < 1.29 is 0 Å². The Morgan fingerprint density at radius 3 is 1.89 bits per heavy atom. The summed E-state index contributed by atoms with van der Waals surface area (Å²) in [6.07, 6.45) is 14.0. The van der Waals surface area contributed by atoms with Crippen molar-refractivity contribution in [3.8, 4) is 0 Å². The Hall–Kier alpha value is -0.0400. The van der Waals surface area contributed by atoms with E-state index in [2.05, 4.69) is 33.0 Å². The van der Waals surface area contributed by atoms with Crippen LogP contribution in [-0.4, -0.2) is 12.6 Å². The lowest BCUT2D eigenvalue weighted by Gasteiger charge is -2.19. The molecule has 0 rings (SSSR count). The van der Waals surface area contributed by atoms with Crippen molar-refractivity contribution in [1.29, 1.82) is 0 Å². The Balaban J connectivity index is 3.45. The van der Waals surface area contributed by atoms with Crippen molar-refractivity contribution in [3.63, 3.8) is 0 Å². The molecule has 110 valence electrons. The van der Waals surface area contributed by atoms with Gasteiger partial charge in [-0.3, -0.25) is 0 Å². The number of hydrogen-bond acceptors (Lipinski definition) is 1. The molecule has 0 saturated carbocycles. The Morgan fingerprint density at radius 2 is 1.33 bits per heavy atom. The average Bonchev–Trinajstić information content (AvgIpc) is 2.34. The van der Waals surface area contributed by atoms with Gasteiger partial charge in [-0.2, -0.15) is 0 Å². The lowest BCUT2D eigenvalue weighted by molar-refractivity contribution is 0.402. The molecule has 0 saturated heterocycles. The molecular weight excluding hydrogens is 218 g/mol. The second-order valence-corrected chi connectivity index (χ2v) is 6.20. The maximum atomic E-state index is 3.73. The highest BCUT2D eigenvalue weighted by Crippen LogP contribution is 2.12. The van der Waals surface area contributed by atoms with Gasteiger partial charge in [0, 0.05) is 6.04 Å². The van der Waals surface area contributed by atoms with Crippen molar-refractivity contribution in [2.45, 2.75) is 97.9 Å². The summed E-state index contributed by atoms with van der Waals surface area (Å²) in [5, 5.41) is 3.73. The quantitative estimate of drug-likeness (QED) is 0.426. The summed E-state index contributed by atoms with van der Waals surface area (Å²) in [5.74, 6) is 0.776. The van der Waals surface area contributed by atoms with Crippen LogP contribution in [0, 0.1) is 5.92 Å². The van der Waals surface area contributed by atoms with Crippen molar-refractivity contribution in [2.24, 2.45) is 5.92 Å². The van der Waals surface area contributed by atoms with Gasteiger partial charge in [-0.25, -0.2) is 0 Å². The van der Waals surface area contributed by atoms with E-state index in [0.29, 0.717) is 0 Å². The molecule has 1 unspecified atom stereocenters. The van der Waals surface area contributed by atoms with Gasteiger partial charge in [-0.15, -0.1) is 0 Å². The maximum Gasteiger partial charge on any atom is 0.00670 e. The van der Waals surface area contributed by atoms with Gasteiger partial charge in [0.15, 0.2) is 0 Å². The standard InChI is InChI=1S/C17H37N/c1-5-7-8-9-10-11-12-14-17(13-6-2)18-15-16(3)4/h16-18H,5-15H2,1-4H3. The fourth-order valence-electron chi connectivity index (χ4n) is 2.45. The molecule has 18 heavy (non-hydrogen) atoms. The molecule has 0 aliphatic carbocycles. The fraction of sp³-hybridized carbons (Fsp3) is 1.00. The molecule has 0 spiro atoms. The normalized spacial score (nSPS) is 13.2. The summed E-state index contributed by atoms with van der Waals surface area (Å²) in [6.45, 7) is 10.4. The molecule has 0 aromatic heterocycles. The highest BCUT2D eigenvalue weighted by Gasteiger charge is 2.07. The van der Waals surface area contributed by atoms with E-state index in [-0.39, 0.29) is 0 Å². The van der Waals surface area contributed by atoms with Gasteiger partial charge < -0.3 is 5.32 Å². The number of rotatable bonds is 13. The molecule has 1 atom stereocenters. The van der Waals surface area contributed by atoms with E-state index >= 15 is 0 Å². The maximum absolute atomic E-state index is 3.73. The first kappa shape index (κ1) is 18.0. The molecule has 0 amide bonds. The highest BCUT2D eigenvalue weighted by molar-refractivity contribution is 4.67. The van der Waals surface area contributed by atoms with E-state index in [9.17, 15) is 0 Å². The van der Waals surface area contributed by atoms with Crippen molar-refractivity contribution in [2.75, 3.05) is 6.54 Å². The second kappa shape index (κ2) is 13.4. The molecule has 0 radical (unpaired) electrons. The lowest BCUT2D eigenvalue weighted by atomic mass is 10.0. The van der Waals surface area contributed by atoms with E-state index < -0.39 is 0 Å². The third-order valence-electron chi connectivity index (χ3n) is 3.61. The molecule has 1 nitrogen and oxygen atoms in total. The zero-order valence-electron chi connectivity index (χ0n) is 13.4. The zero-order valence-corrected chi connectivity index (χ0v) is 13.4. The molecule has 1 N–H and O–H groups in total. The van der Waals surface area contributed by atoms with Gasteiger partial charge in [0.1, 0.15) is 0 Å². The molecular formula is C17H37N. The SMILES string of the molecule is CCCCCCCCCC(CCC)NCC(C)C. The largest absolute Gasteiger partial charge is 0.314 e. The molecule has 1 heteroatoms. The van der Waals surface area contributed by atoms with Gasteiger partial charge in [-0.05, 0) is 25.3 Å². The molecule has 0 aliphatic heterocycles. The number of nitrogens with one attached hydrogen (secondary N) is 1. The van der Waals surface area contributed by atoms with E-state index in [1.807, 2.05) is 0 Å². The summed E-state index contributed by atoms with van der Waals surface area (Å²) >= 11 is 0. The molecule has 0 aromatic carbocycles. The topological polar surface area (TPSA) is 12.0 Å². The predicted octanol–water partition coefficient (Wildman–Crippen LogP) is 5.54. The minimum atomic E-state index is 0.771. The Bertz CT molecular complexity index is 154. The summed E-state index contributed by atoms with van der Waals surface area (Å²) in [6, 6.07) is 0.771. The third kappa shape index (κ3) is 12.4. The third-order valence-corrected chi connectivity index (χ3v) is 3.61. The molecule has 0 bridgehead atoms. The Morgan fingerprint density at radius 1 is 0.722 bits per heavy atom. The first-order chi connectivity index (χ1) is 8.70. The molecule has 0 aliphatic rings. The smallest absolute Gasteiger partial charge is 0.00670 e. The van der Waals surface area contributed by atoms with E-state index in [1.54, 1.807) is 0 Å². The first-order valence-electron chi connectivity index (χ1n) is 8.44. The number of hydrogen-bond donors (Lipinski definition) is 1. The summed E-state index contributed by atoms with van der Waals surface area (Å²) in [4.78, 5) is 0. The highest BCUT2D eigenvalue weighted by atomic mass is 14.9. The first-order valence-corrected chi connectivity index (χ1v) is 8.44. The predicted molar refractivity (Wildman–Crippen MR) is 84.1 cm³/mol. The van der Waals surface area contributed by atoms with E-state index in [4.69, 9.17) is 0 Å². The summed E-state index contributed by atoms with van der Waals surface area (Å²) in [5.41, 5.74) is 0. The van der Waals surface area contributed by atoms with Crippen LogP contribution in [-0.2, 0) is 0 Å². The van der Waals surface area contributed by atoms with E-state index in [1.165, 1.54) is 70.8 Å². The second-order valence-electron chi connectivity index (χ2n) is 6.20. The van der Waals surface area contributed by atoms with Crippen molar-refractivity contribution in [3.05, 3.63) is 0 Å². The zero-order chi connectivity index (χ0) is 13.6. The van der Waals surface area contributed by atoms with Crippen LogP contribution in [0.2, 0.25) is 0 Å². The van der Waals surface area contributed by atoms with Crippen LogP contribution in [0.3, 0.4) is 0 Å². The van der Waals surface area contributed by atoms with Crippen LogP contribution in [0.4, 0.5) is 0 Å². The van der Waals surface area contributed by atoms with Crippen molar-refractivity contribution >= 4 is 0 Å². The molecule has 0 fully saturated rings. The minimum absolute atomic E-state index is 0.771. The van der Waals surface area contributed by atoms with Crippen LogP contribution in [0.5, 0.6) is 0 Å². The van der Waals surface area contributed by atoms with Crippen LogP contribution >= 0.6 is 0 Å². The van der Waals surface area contributed by atoms with Gasteiger partial charge in [-0.1, -0.05) is 79.1 Å². The van der Waals surface area contributed by atoms with Gasteiger partial charge in [0.2, 0.25) is 0 Å². The van der Waals surface area contributed by atoms with Crippen LogP contribution in [0.1, 0.15) is 91.9 Å². The van der Waals surface area contributed by atoms with Crippen LogP contribution in [0.15, 0.2) is 0 Å². The Labute approximate surface area is 116 Å². The Kier molecular flexibility index (Phi) is 13.4. The van der Waals surface area contributed by atoms with Gasteiger partial charge in [0.05, 0.1) is 0 Å². The fourth-order valence-corrected chi connectivity index (χ4v) is 2.45. The molecule has 0 heterocycles.